The lowest BCUT2D eigenvalue weighted by Crippen LogP contribution is -2.53. The van der Waals surface area contributed by atoms with Gasteiger partial charge in [-0.3, -0.25) is 24.6 Å². The third-order valence-corrected chi connectivity index (χ3v) is 9.19. The first-order chi connectivity index (χ1) is 19.8. The molecular weight excluding hydrogens is 544 g/mol. The summed E-state index contributed by atoms with van der Waals surface area (Å²) < 4.78 is 10.9. The molecule has 2 fully saturated rings. The zero-order valence-electron chi connectivity index (χ0n) is 22.0. The first-order valence-corrected chi connectivity index (χ1v) is 13.9. The maximum atomic E-state index is 14.3. The van der Waals surface area contributed by atoms with Crippen LogP contribution in [0.3, 0.4) is 0 Å². The van der Waals surface area contributed by atoms with E-state index in [9.17, 15) is 14.4 Å². The minimum atomic E-state index is -1.43. The predicted molar refractivity (Wildman–Crippen MR) is 151 cm³/mol. The van der Waals surface area contributed by atoms with E-state index >= 15 is 0 Å². The number of aromatic nitrogens is 1. The molecule has 0 saturated carbocycles. The third kappa shape index (κ3) is 3.36. The molecule has 4 atom stereocenters. The van der Waals surface area contributed by atoms with Crippen molar-refractivity contribution in [3.63, 3.8) is 0 Å². The van der Waals surface area contributed by atoms with Gasteiger partial charge < -0.3 is 19.8 Å². The molecule has 2 saturated heterocycles. The summed E-state index contributed by atoms with van der Waals surface area (Å²) in [6.07, 6.45) is 2.38. The van der Waals surface area contributed by atoms with Gasteiger partial charge in [0.1, 0.15) is 5.54 Å². The van der Waals surface area contributed by atoms with Gasteiger partial charge in [-0.05, 0) is 60.4 Å². The first-order valence-electron chi connectivity index (χ1n) is 13.5. The van der Waals surface area contributed by atoms with Crippen molar-refractivity contribution in [2.24, 2.45) is 11.8 Å². The van der Waals surface area contributed by atoms with Crippen LogP contribution in [0.4, 0.5) is 5.69 Å². The number of rotatable bonds is 4. The Kier molecular flexibility index (Phi) is 5.12. The number of H-pyrrole nitrogens is 1. The number of nitrogens with one attached hydrogen (secondary N) is 3. The zero-order chi connectivity index (χ0) is 28.0. The van der Waals surface area contributed by atoms with Crippen LogP contribution in [-0.2, 0) is 32.9 Å². The Balaban J connectivity index is 1.23. The highest BCUT2D eigenvalue weighted by Gasteiger charge is 2.70. The first kappa shape index (κ1) is 24.5. The van der Waals surface area contributed by atoms with Crippen molar-refractivity contribution >= 4 is 45.9 Å². The Hall–Kier alpha value is -4.34. The lowest BCUT2D eigenvalue weighted by Gasteiger charge is -2.29. The number of imide groups is 1. The van der Waals surface area contributed by atoms with E-state index in [0.717, 1.165) is 27.6 Å². The summed E-state index contributed by atoms with van der Waals surface area (Å²) in [5, 5.41) is 8.02. The number of para-hydroxylation sites is 1. The van der Waals surface area contributed by atoms with Crippen LogP contribution >= 0.6 is 11.6 Å². The van der Waals surface area contributed by atoms with E-state index in [1.807, 2.05) is 43.5 Å². The largest absolute Gasteiger partial charge is 0.454 e. The Morgan fingerprint density at radius 2 is 1.85 bits per heavy atom. The van der Waals surface area contributed by atoms with Crippen molar-refractivity contribution in [2.45, 2.75) is 31.5 Å². The van der Waals surface area contributed by atoms with Gasteiger partial charge in [-0.25, -0.2) is 0 Å². The van der Waals surface area contributed by atoms with Gasteiger partial charge >= 0.3 is 0 Å². The number of hydrogen-bond acceptors (Lipinski definition) is 6. The van der Waals surface area contributed by atoms with Crippen molar-refractivity contribution in [1.82, 2.24) is 15.2 Å². The summed E-state index contributed by atoms with van der Waals surface area (Å²) in [4.78, 5) is 47.0. The van der Waals surface area contributed by atoms with Gasteiger partial charge in [0.15, 0.2) is 11.5 Å². The van der Waals surface area contributed by atoms with Crippen molar-refractivity contribution < 1.29 is 23.9 Å². The van der Waals surface area contributed by atoms with Crippen LogP contribution < -0.4 is 20.1 Å². The molecule has 8 rings (SSSR count). The quantitative estimate of drug-likeness (QED) is 0.321. The van der Waals surface area contributed by atoms with Crippen molar-refractivity contribution in [3.05, 3.63) is 88.1 Å². The molecular formula is C31H25ClN4O5. The van der Waals surface area contributed by atoms with E-state index < -0.39 is 23.4 Å². The van der Waals surface area contributed by atoms with Gasteiger partial charge in [-0.2, -0.15) is 0 Å². The van der Waals surface area contributed by atoms with Crippen molar-refractivity contribution in [1.29, 1.82) is 0 Å². The molecule has 1 aromatic heterocycles. The summed E-state index contributed by atoms with van der Waals surface area (Å²) in [6, 6.07) is 16.4. The fourth-order valence-electron chi connectivity index (χ4n) is 7.18. The fraction of sp³-hybridized carbons (Fsp3) is 0.258. The molecule has 10 heteroatoms. The molecule has 3 aromatic carbocycles. The van der Waals surface area contributed by atoms with E-state index in [1.165, 1.54) is 4.90 Å². The average Bonchev–Trinajstić information content (AvgIpc) is 3.75. The van der Waals surface area contributed by atoms with Gasteiger partial charge in [0.25, 0.3) is 0 Å². The van der Waals surface area contributed by atoms with Crippen LogP contribution in [0.5, 0.6) is 11.5 Å². The highest BCUT2D eigenvalue weighted by atomic mass is 35.5. The Morgan fingerprint density at radius 3 is 2.73 bits per heavy atom. The zero-order valence-corrected chi connectivity index (χ0v) is 22.7. The number of anilines is 1. The molecule has 4 aromatic rings. The number of aromatic amines is 1. The van der Waals surface area contributed by atoms with E-state index in [1.54, 1.807) is 24.3 Å². The Labute approximate surface area is 239 Å². The molecule has 3 N–H and O–H groups in total. The summed E-state index contributed by atoms with van der Waals surface area (Å²) >= 11 is 6.49. The number of carbonyl (C=O) groups is 3. The van der Waals surface area contributed by atoms with Gasteiger partial charge in [0.05, 0.1) is 18.4 Å². The summed E-state index contributed by atoms with van der Waals surface area (Å²) in [6.45, 7) is 2.07. The SMILES string of the molecule is Cc1cc(Cl)cc2c1NC(=O)[C@@]21N[C@H](Cc2c[nH]c3ccccc23)[C@@H]2C(=O)N(Cc3ccc4c(c3)OCO4)C(=O)[C@@H]21. The van der Waals surface area contributed by atoms with Gasteiger partial charge in [0, 0.05) is 39.4 Å². The minimum Gasteiger partial charge on any atom is -0.454 e. The number of halogens is 1. The lowest BCUT2D eigenvalue weighted by atomic mass is 9.76. The van der Waals surface area contributed by atoms with Crippen LogP contribution in [0.25, 0.3) is 10.9 Å². The molecule has 4 aliphatic heterocycles. The molecule has 0 radical (unpaired) electrons. The molecule has 9 nitrogen and oxygen atoms in total. The third-order valence-electron chi connectivity index (χ3n) is 8.97. The summed E-state index contributed by atoms with van der Waals surface area (Å²) in [7, 11) is 0. The monoisotopic (exact) mass is 568 g/mol. The highest BCUT2D eigenvalue weighted by Crippen LogP contribution is 2.54. The van der Waals surface area contributed by atoms with Crippen LogP contribution in [0, 0.1) is 18.8 Å². The number of ether oxygens (including phenoxy) is 2. The second-order valence-electron chi connectivity index (χ2n) is 11.2. The number of hydrogen-bond donors (Lipinski definition) is 3. The van der Waals surface area contributed by atoms with Crippen molar-refractivity contribution in [3.8, 4) is 11.5 Å². The molecule has 3 amide bonds. The standard InChI is InChI=1S/C31H25ClN4O5/c1-15-8-18(32)11-20-27(15)34-30(39)31(20)26-25(22(35-31)10-17-12-33-21-5-3-2-4-19(17)21)28(37)36(29(26)38)13-16-6-7-23-24(9-16)41-14-40-23/h2-9,11-12,22,25-26,33,35H,10,13-14H2,1H3,(H,34,39)/t22-,25+,26-,31-/m1/s1. The number of benzene rings is 3. The molecule has 206 valence electrons. The van der Waals surface area contributed by atoms with Gasteiger partial charge in [-0.15, -0.1) is 0 Å². The number of carbonyl (C=O) groups excluding carboxylic acids is 3. The number of amides is 3. The number of likely N-dealkylation sites (tertiary alicyclic amines) is 1. The van der Waals surface area contributed by atoms with E-state index in [-0.39, 0.29) is 31.1 Å². The lowest BCUT2D eigenvalue weighted by molar-refractivity contribution is -0.143. The maximum Gasteiger partial charge on any atom is 0.250 e. The normalized spacial score (nSPS) is 25.9. The molecule has 4 aliphatic rings. The minimum absolute atomic E-state index is 0.0697. The number of nitrogens with zero attached hydrogens (tertiary/aromatic N) is 1. The molecule has 1 spiro atoms. The summed E-state index contributed by atoms with van der Waals surface area (Å²) in [5.74, 6) is -1.51. The smallest absolute Gasteiger partial charge is 0.250 e. The Bertz CT molecular complexity index is 1820. The Morgan fingerprint density at radius 1 is 1.02 bits per heavy atom. The number of aryl methyl sites for hydroxylation is 1. The van der Waals surface area contributed by atoms with Gasteiger partial charge in [-0.1, -0.05) is 35.9 Å². The van der Waals surface area contributed by atoms with Crippen LogP contribution in [0.1, 0.15) is 22.3 Å². The molecule has 0 unspecified atom stereocenters. The number of fused-ring (bicyclic) bond motifs is 6. The van der Waals surface area contributed by atoms with Crippen LogP contribution in [0.15, 0.2) is 60.8 Å². The molecule has 41 heavy (non-hydrogen) atoms. The van der Waals surface area contributed by atoms with E-state index in [2.05, 4.69) is 15.6 Å². The van der Waals surface area contributed by atoms with Gasteiger partial charge in [0.2, 0.25) is 24.5 Å². The molecule has 0 aliphatic carbocycles. The fourth-order valence-corrected chi connectivity index (χ4v) is 7.46. The molecule has 5 heterocycles. The highest BCUT2D eigenvalue weighted by molar-refractivity contribution is 6.31. The van der Waals surface area contributed by atoms with Crippen molar-refractivity contribution in [2.75, 3.05) is 12.1 Å². The second kappa shape index (κ2) is 8.58. The predicted octanol–water partition coefficient (Wildman–Crippen LogP) is 4.02. The van der Waals surface area contributed by atoms with E-state index in [4.69, 9.17) is 21.1 Å². The van der Waals surface area contributed by atoms with Crippen LogP contribution in [-0.4, -0.2) is 40.4 Å². The average molecular weight is 569 g/mol. The topological polar surface area (TPSA) is 113 Å². The summed E-state index contributed by atoms with van der Waals surface area (Å²) in [5.41, 5.74) is 3.33. The second-order valence-corrected chi connectivity index (χ2v) is 11.6. The molecule has 0 bridgehead atoms. The van der Waals surface area contributed by atoms with Crippen LogP contribution in [0.2, 0.25) is 5.02 Å². The maximum absolute atomic E-state index is 14.3. The van der Waals surface area contributed by atoms with E-state index in [0.29, 0.717) is 34.2 Å².